The quantitative estimate of drug-likeness (QED) is 0.843. The van der Waals surface area contributed by atoms with Gasteiger partial charge in [-0.05, 0) is 33.3 Å². The number of nitrogens with zero attached hydrogens (tertiary/aromatic N) is 4. The number of anilines is 1. The van der Waals surface area contributed by atoms with Gasteiger partial charge >= 0.3 is 0 Å². The van der Waals surface area contributed by atoms with Gasteiger partial charge in [0.15, 0.2) is 0 Å². The van der Waals surface area contributed by atoms with Crippen LogP contribution in [0.15, 0.2) is 22.9 Å². The van der Waals surface area contributed by atoms with Crippen molar-refractivity contribution in [3.05, 3.63) is 28.5 Å². The van der Waals surface area contributed by atoms with Gasteiger partial charge in [-0.1, -0.05) is 9.59 Å². The molecule has 0 radical (unpaired) electrons. The normalized spacial score (nSPS) is 9.93. The molecule has 0 aliphatic heterocycles. The van der Waals surface area contributed by atoms with Crippen LogP contribution in [0.3, 0.4) is 0 Å². The minimum Gasteiger partial charge on any atom is -0.295 e. The van der Waals surface area contributed by atoms with Crippen molar-refractivity contribution >= 4 is 38.5 Å². The molecule has 0 bridgehead atoms. The maximum absolute atomic E-state index is 11.7. The zero-order valence-corrected chi connectivity index (χ0v) is 9.62. The molecule has 76 valence electrons. The van der Waals surface area contributed by atoms with Gasteiger partial charge in [-0.25, -0.2) is 4.98 Å². The van der Waals surface area contributed by atoms with E-state index in [0.717, 1.165) is 11.5 Å². The lowest BCUT2D eigenvalue weighted by atomic mass is 10.3. The number of halogens is 1. The minimum atomic E-state index is -0.298. The molecule has 8 heteroatoms. The summed E-state index contributed by atoms with van der Waals surface area (Å²) in [5, 5.41) is 9.88. The molecule has 1 amide bonds. The first-order valence-electron chi connectivity index (χ1n) is 3.84. The third-order valence-electron chi connectivity index (χ3n) is 1.52. The van der Waals surface area contributed by atoms with Crippen LogP contribution in [0.5, 0.6) is 0 Å². The lowest BCUT2D eigenvalue weighted by Gasteiger charge is -2.01. The molecule has 1 N–H and O–H groups in total. The van der Waals surface area contributed by atoms with Crippen LogP contribution >= 0.6 is 27.5 Å². The van der Waals surface area contributed by atoms with Crippen LogP contribution in [0.25, 0.3) is 0 Å². The van der Waals surface area contributed by atoms with Crippen molar-refractivity contribution in [1.29, 1.82) is 0 Å². The lowest BCUT2D eigenvalue weighted by molar-refractivity contribution is 0.102. The number of carbonyl (C=O) groups is 1. The van der Waals surface area contributed by atoms with Gasteiger partial charge in [0.1, 0.15) is 4.60 Å². The van der Waals surface area contributed by atoms with Crippen LogP contribution in [-0.2, 0) is 0 Å². The van der Waals surface area contributed by atoms with Gasteiger partial charge in [-0.3, -0.25) is 10.1 Å². The van der Waals surface area contributed by atoms with Crippen LogP contribution in [0, 0.1) is 0 Å². The zero-order valence-electron chi connectivity index (χ0n) is 7.22. The molecule has 0 saturated heterocycles. The van der Waals surface area contributed by atoms with Crippen molar-refractivity contribution in [3.8, 4) is 0 Å². The predicted molar refractivity (Wildman–Crippen MR) is 57.6 cm³/mol. The SMILES string of the molecule is O=C(Nc1nnns1)c1cccnc1Br. The first-order valence-corrected chi connectivity index (χ1v) is 5.41. The maximum Gasteiger partial charge on any atom is 0.260 e. The van der Waals surface area contributed by atoms with E-state index >= 15 is 0 Å². The minimum absolute atomic E-state index is 0.298. The van der Waals surface area contributed by atoms with Crippen molar-refractivity contribution in [2.24, 2.45) is 0 Å². The molecule has 0 atom stereocenters. The van der Waals surface area contributed by atoms with Crippen molar-refractivity contribution < 1.29 is 4.79 Å². The first kappa shape index (κ1) is 10.1. The number of hydrogen-bond acceptors (Lipinski definition) is 6. The second-order valence-electron chi connectivity index (χ2n) is 2.46. The number of pyridine rings is 1. The molecule has 2 heterocycles. The monoisotopic (exact) mass is 285 g/mol. The summed E-state index contributed by atoms with van der Waals surface area (Å²) in [6, 6.07) is 3.33. The van der Waals surface area contributed by atoms with Crippen molar-refractivity contribution in [1.82, 2.24) is 19.8 Å². The van der Waals surface area contributed by atoms with E-state index in [1.165, 1.54) is 0 Å². The van der Waals surface area contributed by atoms with Crippen molar-refractivity contribution in [3.63, 3.8) is 0 Å². The molecule has 0 fully saturated rings. The van der Waals surface area contributed by atoms with Gasteiger partial charge in [0, 0.05) is 17.7 Å². The van der Waals surface area contributed by atoms with E-state index in [1.807, 2.05) is 0 Å². The fraction of sp³-hybridized carbons (Fsp3) is 0. The number of aromatic nitrogens is 4. The van der Waals surface area contributed by atoms with Crippen LogP contribution in [-0.4, -0.2) is 25.7 Å². The standard InChI is InChI=1S/C7H4BrN5OS/c8-5-4(2-1-3-9-5)6(14)10-7-11-12-13-15-7/h1-3H,(H,10,11,13,14). The Bertz CT molecular complexity index is 474. The smallest absolute Gasteiger partial charge is 0.260 e. The van der Waals surface area contributed by atoms with E-state index in [2.05, 4.69) is 41.0 Å². The number of hydrogen-bond donors (Lipinski definition) is 1. The average molecular weight is 286 g/mol. The second-order valence-corrected chi connectivity index (χ2v) is 3.95. The van der Waals surface area contributed by atoms with E-state index < -0.39 is 0 Å². The number of rotatable bonds is 2. The zero-order chi connectivity index (χ0) is 10.7. The van der Waals surface area contributed by atoms with Gasteiger partial charge in [-0.2, -0.15) is 0 Å². The highest BCUT2D eigenvalue weighted by atomic mass is 79.9. The number of nitrogens with one attached hydrogen (secondary N) is 1. The molecular weight excluding hydrogens is 282 g/mol. The summed E-state index contributed by atoms with van der Waals surface area (Å²) in [7, 11) is 0. The molecule has 0 saturated carbocycles. The number of carbonyl (C=O) groups excluding carboxylic acids is 1. The lowest BCUT2D eigenvalue weighted by Crippen LogP contribution is -2.12. The molecule has 0 aliphatic rings. The summed E-state index contributed by atoms with van der Waals surface area (Å²) < 4.78 is 4.02. The third-order valence-corrected chi connectivity index (χ3v) is 2.67. The molecule has 2 rings (SSSR count). The molecular formula is C7H4BrN5OS. The van der Waals surface area contributed by atoms with E-state index in [1.54, 1.807) is 18.3 Å². The van der Waals surface area contributed by atoms with Crippen molar-refractivity contribution in [2.45, 2.75) is 0 Å². The van der Waals surface area contributed by atoms with Gasteiger partial charge in [-0.15, -0.1) is 0 Å². The molecule has 15 heavy (non-hydrogen) atoms. The predicted octanol–water partition coefficient (Wildman–Crippen LogP) is 1.34. The molecule has 6 nitrogen and oxygen atoms in total. The van der Waals surface area contributed by atoms with E-state index in [0.29, 0.717) is 15.3 Å². The Morgan fingerprint density at radius 3 is 3.07 bits per heavy atom. The molecule has 2 aromatic heterocycles. The fourth-order valence-electron chi connectivity index (χ4n) is 0.902. The van der Waals surface area contributed by atoms with E-state index in [9.17, 15) is 4.79 Å². The Labute approximate surface area is 97.0 Å². The Morgan fingerprint density at radius 1 is 1.53 bits per heavy atom. The van der Waals surface area contributed by atoms with Crippen molar-refractivity contribution in [2.75, 3.05) is 5.32 Å². The summed E-state index contributed by atoms with van der Waals surface area (Å²) in [6.07, 6.45) is 1.59. The molecule has 2 aromatic rings. The van der Waals surface area contributed by atoms with Crippen LogP contribution in [0.2, 0.25) is 0 Å². The summed E-state index contributed by atoms with van der Waals surface area (Å²) in [6.45, 7) is 0. The van der Waals surface area contributed by atoms with Gasteiger partial charge in [0.2, 0.25) is 5.13 Å². The highest BCUT2D eigenvalue weighted by Gasteiger charge is 2.11. The summed E-state index contributed by atoms with van der Waals surface area (Å²) >= 11 is 4.19. The van der Waals surface area contributed by atoms with E-state index in [-0.39, 0.29) is 5.91 Å². The highest BCUT2D eigenvalue weighted by Crippen LogP contribution is 2.15. The molecule has 0 unspecified atom stereocenters. The van der Waals surface area contributed by atoms with E-state index in [4.69, 9.17) is 0 Å². The average Bonchev–Trinajstić information content (AvgIpc) is 2.71. The largest absolute Gasteiger partial charge is 0.295 e. The first-order chi connectivity index (χ1) is 7.27. The Morgan fingerprint density at radius 2 is 2.40 bits per heavy atom. The third kappa shape index (κ3) is 2.34. The van der Waals surface area contributed by atoms with Crippen LogP contribution < -0.4 is 5.32 Å². The maximum atomic E-state index is 11.7. The Hall–Kier alpha value is -1.41. The van der Waals surface area contributed by atoms with Gasteiger partial charge in [0.25, 0.3) is 5.91 Å². The van der Waals surface area contributed by atoms with Gasteiger partial charge in [0.05, 0.1) is 5.56 Å². The van der Waals surface area contributed by atoms with Crippen LogP contribution in [0.1, 0.15) is 10.4 Å². The Balaban J connectivity index is 2.19. The molecule has 0 aromatic carbocycles. The fourth-order valence-corrected chi connectivity index (χ4v) is 1.69. The summed E-state index contributed by atoms with van der Waals surface area (Å²) in [5.41, 5.74) is 0.438. The number of amides is 1. The Kier molecular flexibility index (Phi) is 2.97. The topological polar surface area (TPSA) is 80.7 Å². The summed E-state index contributed by atoms with van der Waals surface area (Å²) in [5.74, 6) is -0.298. The van der Waals surface area contributed by atoms with Crippen LogP contribution in [0.4, 0.5) is 5.13 Å². The van der Waals surface area contributed by atoms with Gasteiger partial charge < -0.3 is 0 Å². The second kappa shape index (κ2) is 4.41. The highest BCUT2D eigenvalue weighted by molar-refractivity contribution is 9.10. The molecule has 0 aliphatic carbocycles. The summed E-state index contributed by atoms with van der Waals surface area (Å²) in [4.78, 5) is 15.6. The molecule has 0 spiro atoms.